The van der Waals surface area contributed by atoms with Crippen molar-refractivity contribution in [3.8, 4) is 17.2 Å². The van der Waals surface area contributed by atoms with Crippen LogP contribution >= 0.6 is 15.9 Å². The zero-order valence-corrected chi connectivity index (χ0v) is 13.8. The third-order valence-electron chi connectivity index (χ3n) is 3.18. The third kappa shape index (κ3) is 3.45. The van der Waals surface area contributed by atoms with E-state index in [1.54, 1.807) is 37.4 Å². The molecule has 0 aromatic heterocycles. The molecule has 2 aromatic carbocycles. The van der Waals surface area contributed by atoms with E-state index in [4.69, 9.17) is 14.2 Å². The van der Waals surface area contributed by atoms with Gasteiger partial charge >= 0.3 is 0 Å². The molecule has 0 saturated heterocycles. The van der Waals surface area contributed by atoms with Gasteiger partial charge in [0, 0.05) is 5.56 Å². The maximum atomic E-state index is 12.0. The number of fused-ring (bicyclic) bond motifs is 1. The van der Waals surface area contributed by atoms with E-state index in [9.17, 15) is 4.79 Å². The van der Waals surface area contributed by atoms with E-state index >= 15 is 0 Å². The summed E-state index contributed by atoms with van der Waals surface area (Å²) in [5, 5.41) is 3.95. The molecule has 0 spiro atoms. The van der Waals surface area contributed by atoms with E-state index < -0.39 is 0 Å². The number of methoxy groups -OCH3 is 1. The first-order chi connectivity index (χ1) is 11.2. The molecule has 3 rings (SSSR count). The number of hydrogen-bond donors (Lipinski definition) is 1. The number of carbonyl (C=O) groups excluding carboxylic acids is 1. The van der Waals surface area contributed by atoms with Crippen molar-refractivity contribution in [2.75, 3.05) is 13.9 Å². The smallest absolute Gasteiger partial charge is 0.271 e. The van der Waals surface area contributed by atoms with E-state index in [-0.39, 0.29) is 12.7 Å². The van der Waals surface area contributed by atoms with Crippen LogP contribution in [0.5, 0.6) is 17.2 Å². The van der Waals surface area contributed by atoms with Crippen LogP contribution < -0.4 is 19.6 Å². The van der Waals surface area contributed by atoms with Crippen molar-refractivity contribution in [3.05, 3.63) is 52.0 Å². The molecule has 0 saturated carbocycles. The Labute approximate surface area is 141 Å². The van der Waals surface area contributed by atoms with E-state index in [1.165, 1.54) is 6.21 Å². The van der Waals surface area contributed by atoms with Crippen LogP contribution in [0.4, 0.5) is 0 Å². The SMILES string of the molecule is COc1ccc(C(=O)N/N=C\c2cc(Br)c3c(c2)OCO3)cc1. The van der Waals surface area contributed by atoms with Crippen LogP contribution in [0.1, 0.15) is 15.9 Å². The summed E-state index contributed by atoms with van der Waals surface area (Å²) in [7, 11) is 1.57. The van der Waals surface area contributed by atoms with Crippen LogP contribution in [-0.4, -0.2) is 26.0 Å². The van der Waals surface area contributed by atoms with Gasteiger partial charge in [0.1, 0.15) is 5.75 Å². The van der Waals surface area contributed by atoms with Crippen LogP contribution in [0.15, 0.2) is 46.0 Å². The van der Waals surface area contributed by atoms with Crippen molar-refractivity contribution in [3.63, 3.8) is 0 Å². The second-order valence-electron chi connectivity index (χ2n) is 4.66. The molecule has 1 amide bonds. The molecule has 118 valence electrons. The quantitative estimate of drug-likeness (QED) is 0.657. The minimum absolute atomic E-state index is 0.197. The molecule has 6 nitrogen and oxygen atoms in total. The summed E-state index contributed by atoms with van der Waals surface area (Å²) >= 11 is 3.40. The van der Waals surface area contributed by atoms with E-state index in [0.717, 1.165) is 10.0 Å². The molecular weight excluding hydrogens is 364 g/mol. The number of carbonyl (C=O) groups is 1. The van der Waals surface area contributed by atoms with Gasteiger partial charge < -0.3 is 14.2 Å². The van der Waals surface area contributed by atoms with Crippen molar-refractivity contribution in [2.24, 2.45) is 5.10 Å². The lowest BCUT2D eigenvalue weighted by atomic mass is 10.2. The normalized spacial score (nSPS) is 12.4. The average Bonchev–Trinajstić information content (AvgIpc) is 3.04. The topological polar surface area (TPSA) is 69.2 Å². The minimum atomic E-state index is -0.302. The predicted molar refractivity (Wildman–Crippen MR) is 88.3 cm³/mol. The Hall–Kier alpha value is -2.54. The fourth-order valence-electron chi connectivity index (χ4n) is 2.03. The Bertz CT molecular complexity index is 759. The van der Waals surface area contributed by atoms with Gasteiger partial charge in [0.25, 0.3) is 5.91 Å². The Balaban J connectivity index is 1.66. The highest BCUT2D eigenvalue weighted by Gasteiger charge is 2.17. The third-order valence-corrected chi connectivity index (χ3v) is 3.77. The molecule has 0 aliphatic carbocycles. The Morgan fingerprint density at radius 1 is 1.30 bits per heavy atom. The van der Waals surface area contributed by atoms with Crippen LogP contribution in [0, 0.1) is 0 Å². The molecule has 0 fully saturated rings. The maximum absolute atomic E-state index is 12.0. The summed E-state index contributed by atoms with van der Waals surface area (Å²) < 4.78 is 16.5. The predicted octanol–water partition coefficient (Wildman–Crippen LogP) is 2.95. The second-order valence-corrected chi connectivity index (χ2v) is 5.52. The molecule has 1 N–H and O–H groups in total. The van der Waals surface area contributed by atoms with Gasteiger partial charge in [-0.2, -0.15) is 5.10 Å². The minimum Gasteiger partial charge on any atom is -0.497 e. The second kappa shape index (κ2) is 6.70. The summed E-state index contributed by atoms with van der Waals surface area (Å²) in [6.07, 6.45) is 1.54. The number of hydrazone groups is 1. The van der Waals surface area contributed by atoms with Gasteiger partial charge in [-0.25, -0.2) is 5.43 Å². The molecule has 0 bridgehead atoms. The molecule has 7 heteroatoms. The number of amides is 1. The maximum Gasteiger partial charge on any atom is 0.271 e. The average molecular weight is 377 g/mol. The molecular formula is C16H13BrN2O4. The van der Waals surface area contributed by atoms with Crippen molar-refractivity contribution >= 4 is 28.1 Å². The highest BCUT2D eigenvalue weighted by molar-refractivity contribution is 9.10. The van der Waals surface area contributed by atoms with Crippen LogP contribution in [0.25, 0.3) is 0 Å². The lowest BCUT2D eigenvalue weighted by Crippen LogP contribution is -2.17. The van der Waals surface area contributed by atoms with Gasteiger partial charge in [-0.15, -0.1) is 0 Å². The first-order valence-corrected chi connectivity index (χ1v) is 7.53. The number of nitrogens with one attached hydrogen (secondary N) is 1. The number of rotatable bonds is 4. The van der Waals surface area contributed by atoms with Gasteiger partial charge in [-0.05, 0) is 57.9 Å². The van der Waals surface area contributed by atoms with Gasteiger partial charge in [0.15, 0.2) is 11.5 Å². The number of hydrogen-bond acceptors (Lipinski definition) is 5. The molecule has 1 aliphatic rings. The van der Waals surface area contributed by atoms with Crippen LogP contribution in [0.2, 0.25) is 0 Å². The van der Waals surface area contributed by atoms with Crippen molar-refractivity contribution in [1.82, 2.24) is 5.43 Å². The number of benzene rings is 2. The van der Waals surface area contributed by atoms with Crippen LogP contribution in [0.3, 0.4) is 0 Å². The van der Waals surface area contributed by atoms with Crippen LogP contribution in [-0.2, 0) is 0 Å². The summed E-state index contributed by atoms with van der Waals surface area (Å²) in [6.45, 7) is 0.197. The van der Waals surface area contributed by atoms with Gasteiger partial charge in [0.2, 0.25) is 6.79 Å². The van der Waals surface area contributed by atoms with Gasteiger partial charge in [0.05, 0.1) is 17.8 Å². The first-order valence-electron chi connectivity index (χ1n) is 6.74. The zero-order valence-electron chi connectivity index (χ0n) is 12.2. The molecule has 0 atom stereocenters. The molecule has 23 heavy (non-hydrogen) atoms. The zero-order chi connectivity index (χ0) is 16.2. The Morgan fingerprint density at radius 3 is 2.83 bits per heavy atom. The monoisotopic (exact) mass is 376 g/mol. The molecule has 1 aliphatic heterocycles. The van der Waals surface area contributed by atoms with Crippen molar-refractivity contribution in [2.45, 2.75) is 0 Å². The van der Waals surface area contributed by atoms with E-state index in [2.05, 4.69) is 26.5 Å². The number of nitrogens with zero attached hydrogens (tertiary/aromatic N) is 1. The fourth-order valence-corrected chi connectivity index (χ4v) is 2.61. The summed E-state index contributed by atoms with van der Waals surface area (Å²) in [5.41, 5.74) is 3.74. The molecule has 2 aromatic rings. The van der Waals surface area contributed by atoms with Crippen molar-refractivity contribution in [1.29, 1.82) is 0 Å². The lowest BCUT2D eigenvalue weighted by molar-refractivity contribution is 0.0955. The summed E-state index contributed by atoms with van der Waals surface area (Å²) in [6, 6.07) is 10.4. The Morgan fingerprint density at radius 2 is 2.09 bits per heavy atom. The molecule has 1 heterocycles. The molecule has 0 radical (unpaired) electrons. The Kier molecular flexibility index (Phi) is 4.47. The number of ether oxygens (including phenoxy) is 3. The van der Waals surface area contributed by atoms with Gasteiger partial charge in [-0.3, -0.25) is 4.79 Å². The highest BCUT2D eigenvalue weighted by atomic mass is 79.9. The number of halogens is 1. The standard InChI is InChI=1S/C16H13BrN2O4/c1-21-12-4-2-11(3-5-12)16(20)19-18-8-10-6-13(17)15-14(7-10)22-9-23-15/h2-8H,9H2,1H3,(H,19,20)/b18-8-. The van der Waals surface area contributed by atoms with Gasteiger partial charge in [-0.1, -0.05) is 0 Å². The molecule has 0 unspecified atom stereocenters. The fraction of sp³-hybridized carbons (Fsp3) is 0.125. The largest absolute Gasteiger partial charge is 0.497 e. The highest BCUT2D eigenvalue weighted by Crippen LogP contribution is 2.39. The summed E-state index contributed by atoms with van der Waals surface area (Å²) in [5.74, 6) is 1.70. The first kappa shape index (κ1) is 15.4. The van der Waals surface area contributed by atoms with E-state index in [0.29, 0.717) is 22.8 Å². The lowest BCUT2D eigenvalue weighted by Gasteiger charge is -2.03. The van der Waals surface area contributed by atoms with Crippen molar-refractivity contribution < 1.29 is 19.0 Å². The van der Waals surface area contributed by atoms with E-state index in [1.807, 2.05) is 6.07 Å². The summed E-state index contributed by atoms with van der Waals surface area (Å²) in [4.78, 5) is 12.0.